The Kier molecular flexibility index (Phi) is 5.66. The summed E-state index contributed by atoms with van der Waals surface area (Å²) in [7, 11) is 3.11. The van der Waals surface area contributed by atoms with Crippen LogP contribution in [0.5, 0.6) is 11.5 Å². The van der Waals surface area contributed by atoms with E-state index in [4.69, 9.17) is 18.6 Å². The summed E-state index contributed by atoms with van der Waals surface area (Å²) in [5.41, 5.74) is 0.775. The van der Waals surface area contributed by atoms with Gasteiger partial charge in [-0.1, -0.05) is 15.9 Å². The Bertz CT molecular complexity index is 661. The molecule has 5 nitrogen and oxygen atoms in total. The van der Waals surface area contributed by atoms with E-state index in [1.165, 1.54) is 12.3 Å². The molecule has 0 saturated heterocycles. The third-order valence-corrected chi connectivity index (χ3v) is 3.59. The van der Waals surface area contributed by atoms with Crippen LogP contribution in [0.4, 0.5) is 0 Å². The summed E-state index contributed by atoms with van der Waals surface area (Å²) in [5, 5.41) is 0. The van der Waals surface area contributed by atoms with Gasteiger partial charge in [0.25, 0.3) is 0 Å². The molecule has 0 bridgehead atoms. The zero-order valence-corrected chi connectivity index (χ0v) is 13.8. The Hall–Kier alpha value is -2.21. The second-order valence-corrected chi connectivity index (χ2v) is 5.11. The number of carbonyl (C=O) groups is 1. The van der Waals surface area contributed by atoms with E-state index in [2.05, 4.69) is 15.9 Å². The monoisotopic (exact) mass is 366 g/mol. The van der Waals surface area contributed by atoms with Crippen LogP contribution in [0.1, 0.15) is 11.3 Å². The summed E-state index contributed by atoms with van der Waals surface area (Å²) in [6, 6.07) is 7.01. The van der Waals surface area contributed by atoms with Crippen molar-refractivity contribution in [3.63, 3.8) is 0 Å². The van der Waals surface area contributed by atoms with Gasteiger partial charge in [-0.15, -0.1) is 0 Å². The van der Waals surface area contributed by atoms with Crippen molar-refractivity contribution in [2.24, 2.45) is 0 Å². The number of esters is 1. The highest BCUT2D eigenvalue weighted by atomic mass is 79.9. The first-order chi connectivity index (χ1) is 10.6. The average Bonchev–Trinajstić information content (AvgIpc) is 3.04. The molecule has 0 saturated carbocycles. The molecule has 0 amide bonds. The van der Waals surface area contributed by atoms with Crippen LogP contribution in [0.2, 0.25) is 0 Å². The maximum Gasteiger partial charge on any atom is 0.331 e. The Morgan fingerprint density at radius 2 is 2.00 bits per heavy atom. The molecule has 2 aromatic rings. The molecule has 0 spiro atoms. The number of hydrogen-bond donors (Lipinski definition) is 0. The number of furan rings is 1. The number of methoxy groups -OCH3 is 2. The highest BCUT2D eigenvalue weighted by Crippen LogP contribution is 2.33. The van der Waals surface area contributed by atoms with Gasteiger partial charge in [0.15, 0.2) is 11.5 Å². The summed E-state index contributed by atoms with van der Waals surface area (Å²) in [6.45, 7) is 0.113. The number of ether oxygens (including phenoxy) is 3. The van der Waals surface area contributed by atoms with E-state index >= 15 is 0 Å². The van der Waals surface area contributed by atoms with Crippen molar-refractivity contribution in [3.8, 4) is 11.5 Å². The molecule has 0 atom stereocenters. The lowest BCUT2D eigenvalue weighted by molar-refractivity contribution is -0.138. The second-order valence-electron chi connectivity index (χ2n) is 4.26. The van der Waals surface area contributed by atoms with Gasteiger partial charge in [0.1, 0.15) is 12.4 Å². The molecule has 0 radical (unpaired) electrons. The van der Waals surface area contributed by atoms with Gasteiger partial charge in [0.05, 0.1) is 20.5 Å². The number of rotatable bonds is 6. The molecule has 6 heteroatoms. The van der Waals surface area contributed by atoms with Gasteiger partial charge in [-0.2, -0.15) is 0 Å². The maximum absolute atomic E-state index is 11.7. The minimum absolute atomic E-state index is 0.113. The molecule has 0 fully saturated rings. The van der Waals surface area contributed by atoms with E-state index in [0.29, 0.717) is 17.3 Å². The standard InChI is InChI=1S/C16H15BrO5/c1-19-14-8-11(13(17)9-15(14)20-2)10-22-16(18)6-5-12-4-3-7-21-12/h3-9H,10H2,1-2H3/b6-5+. The molecule has 0 aliphatic heterocycles. The van der Waals surface area contributed by atoms with Gasteiger partial charge in [0, 0.05) is 16.1 Å². The summed E-state index contributed by atoms with van der Waals surface area (Å²) in [6.07, 6.45) is 4.39. The van der Waals surface area contributed by atoms with E-state index in [-0.39, 0.29) is 6.61 Å². The summed E-state index contributed by atoms with van der Waals surface area (Å²) >= 11 is 3.41. The van der Waals surface area contributed by atoms with Crippen molar-refractivity contribution < 1.29 is 23.4 Å². The van der Waals surface area contributed by atoms with Gasteiger partial charge >= 0.3 is 5.97 Å². The third-order valence-electron chi connectivity index (χ3n) is 2.85. The molecule has 2 rings (SSSR count). The number of hydrogen-bond acceptors (Lipinski definition) is 5. The number of halogens is 1. The summed E-state index contributed by atoms with van der Waals surface area (Å²) < 4.78 is 21.5. The van der Waals surface area contributed by atoms with Crippen LogP contribution in [-0.4, -0.2) is 20.2 Å². The first kappa shape index (κ1) is 16.2. The molecule has 0 aliphatic carbocycles. The van der Waals surface area contributed by atoms with Crippen LogP contribution in [-0.2, 0) is 16.1 Å². The summed E-state index contributed by atoms with van der Waals surface area (Å²) in [4.78, 5) is 11.7. The Morgan fingerprint density at radius 3 is 2.64 bits per heavy atom. The normalized spacial score (nSPS) is 10.7. The Balaban J connectivity index is 2.00. The second kappa shape index (κ2) is 7.70. The van der Waals surface area contributed by atoms with Gasteiger partial charge in [-0.05, 0) is 30.3 Å². The highest BCUT2D eigenvalue weighted by molar-refractivity contribution is 9.10. The lowest BCUT2D eigenvalue weighted by atomic mass is 10.2. The first-order valence-electron chi connectivity index (χ1n) is 6.42. The van der Waals surface area contributed by atoms with Gasteiger partial charge < -0.3 is 18.6 Å². The third kappa shape index (κ3) is 4.14. The van der Waals surface area contributed by atoms with Crippen molar-refractivity contribution in [3.05, 3.63) is 52.4 Å². The zero-order chi connectivity index (χ0) is 15.9. The molecule has 116 valence electrons. The fraction of sp³-hybridized carbons (Fsp3) is 0.188. The van der Waals surface area contributed by atoms with Crippen LogP contribution in [0, 0.1) is 0 Å². The quantitative estimate of drug-likeness (QED) is 0.574. The molecule has 0 N–H and O–H groups in total. The van der Waals surface area contributed by atoms with E-state index in [1.807, 2.05) is 0 Å². The first-order valence-corrected chi connectivity index (χ1v) is 7.22. The molecule has 0 aliphatic rings. The van der Waals surface area contributed by atoms with E-state index in [0.717, 1.165) is 10.0 Å². The van der Waals surface area contributed by atoms with Gasteiger partial charge in [0.2, 0.25) is 0 Å². The van der Waals surface area contributed by atoms with Crippen LogP contribution in [0.25, 0.3) is 6.08 Å². The lowest BCUT2D eigenvalue weighted by Gasteiger charge is -2.11. The molecular weight excluding hydrogens is 352 g/mol. The Morgan fingerprint density at radius 1 is 1.27 bits per heavy atom. The number of carbonyl (C=O) groups excluding carboxylic acids is 1. The molecule has 22 heavy (non-hydrogen) atoms. The molecule has 1 aromatic carbocycles. The van der Waals surface area contributed by atoms with Crippen molar-refractivity contribution >= 4 is 28.0 Å². The van der Waals surface area contributed by atoms with Crippen molar-refractivity contribution in [2.75, 3.05) is 14.2 Å². The van der Waals surface area contributed by atoms with Crippen molar-refractivity contribution in [1.82, 2.24) is 0 Å². The fourth-order valence-electron chi connectivity index (χ4n) is 1.74. The predicted molar refractivity (Wildman–Crippen MR) is 84.8 cm³/mol. The minimum atomic E-state index is -0.460. The smallest absolute Gasteiger partial charge is 0.331 e. The SMILES string of the molecule is COc1cc(Br)c(COC(=O)/C=C/c2ccco2)cc1OC. The fourth-order valence-corrected chi connectivity index (χ4v) is 2.18. The maximum atomic E-state index is 11.7. The minimum Gasteiger partial charge on any atom is -0.493 e. The largest absolute Gasteiger partial charge is 0.493 e. The van der Waals surface area contributed by atoms with Crippen LogP contribution < -0.4 is 9.47 Å². The predicted octanol–water partition coefficient (Wildman–Crippen LogP) is 3.82. The Labute approximate surface area is 136 Å². The highest BCUT2D eigenvalue weighted by Gasteiger charge is 2.10. The zero-order valence-electron chi connectivity index (χ0n) is 12.2. The van der Waals surface area contributed by atoms with Crippen LogP contribution >= 0.6 is 15.9 Å². The van der Waals surface area contributed by atoms with Gasteiger partial charge in [-0.25, -0.2) is 4.79 Å². The number of benzene rings is 1. The molecule has 1 heterocycles. The van der Waals surface area contributed by atoms with Crippen molar-refractivity contribution in [2.45, 2.75) is 6.61 Å². The van der Waals surface area contributed by atoms with E-state index in [1.54, 1.807) is 44.6 Å². The molecule has 0 unspecified atom stereocenters. The van der Waals surface area contributed by atoms with Gasteiger partial charge in [-0.3, -0.25) is 0 Å². The van der Waals surface area contributed by atoms with Crippen LogP contribution in [0.3, 0.4) is 0 Å². The molecular formula is C16H15BrO5. The van der Waals surface area contributed by atoms with Crippen LogP contribution in [0.15, 0.2) is 45.5 Å². The van der Waals surface area contributed by atoms with Crippen molar-refractivity contribution in [1.29, 1.82) is 0 Å². The van der Waals surface area contributed by atoms with E-state index in [9.17, 15) is 4.79 Å². The van der Waals surface area contributed by atoms with E-state index < -0.39 is 5.97 Å². The lowest BCUT2D eigenvalue weighted by Crippen LogP contribution is -2.02. The topological polar surface area (TPSA) is 57.9 Å². The average molecular weight is 367 g/mol. The molecule has 1 aromatic heterocycles. The summed E-state index contributed by atoms with van der Waals surface area (Å²) in [5.74, 6) is 1.30.